The largest absolute Gasteiger partial charge is 0.490 e. The SMILES string of the molecule is C=CCOc1ccc(C2(C)Nc3ccccc3C(=O)N2CC)cc1. The van der Waals surface area contributed by atoms with E-state index in [-0.39, 0.29) is 5.91 Å². The minimum atomic E-state index is -0.600. The van der Waals surface area contributed by atoms with Crippen LogP contribution < -0.4 is 10.1 Å². The molecule has 2 aromatic carbocycles. The first-order chi connectivity index (χ1) is 11.6. The molecule has 124 valence electrons. The van der Waals surface area contributed by atoms with Crippen molar-refractivity contribution in [2.45, 2.75) is 19.5 Å². The Balaban J connectivity index is 1.98. The molecule has 24 heavy (non-hydrogen) atoms. The Hall–Kier alpha value is -2.75. The molecule has 1 N–H and O–H groups in total. The van der Waals surface area contributed by atoms with Gasteiger partial charge in [0.25, 0.3) is 5.91 Å². The third-order valence-electron chi connectivity index (χ3n) is 4.42. The van der Waals surface area contributed by atoms with E-state index in [2.05, 4.69) is 11.9 Å². The van der Waals surface area contributed by atoms with Crippen molar-refractivity contribution in [2.75, 3.05) is 18.5 Å². The lowest BCUT2D eigenvalue weighted by Crippen LogP contribution is -2.55. The van der Waals surface area contributed by atoms with E-state index in [1.165, 1.54) is 0 Å². The lowest BCUT2D eigenvalue weighted by molar-refractivity contribution is 0.0553. The minimum Gasteiger partial charge on any atom is -0.490 e. The number of fused-ring (bicyclic) bond motifs is 1. The van der Waals surface area contributed by atoms with E-state index >= 15 is 0 Å². The molecule has 1 atom stereocenters. The highest BCUT2D eigenvalue weighted by atomic mass is 16.5. The van der Waals surface area contributed by atoms with E-state index in [1.807, 2.05) is 67.3 Å². The Kier molecular flexibility index (Phi) is 4.30. The maximum absolute atomic E-state index is 12.9. The Bertz CT molecular complexity index is 754. The Morgan fingerprint density at radius 2 is 1.92 bits per heavy atom. The highest BCUT2D eigenvalue weighted by molar-refractivity contribution is 6.02. The number of benzene rings is 2. The molecule has 1 aliphatic rings. The van der Waals surface area contributed by atoms with Crippen molar-refractivity contribution in [3.05, 3.63) is 72.3 Å². The zero-order chi connectivity index (χ0) is 17.2. The van der Waals surface area contributed by atoms with Gasteiger partial charge in [-0.1, -0.05) is 36.9 Å². The summed E-state index contributed by atoms with van der Waals surface area (Å²) in [6.07, 6.45) is 1.71. The van der Waals surface area contributed by atoms with Gasteiger partial charge in [0.15, 0.2) is 0 Å². The van der Waals surface area contributed by atoms with Crippen molar-refractivity contribution in [1.82, 2.24) is 4.90 Å². The van der Waals surface area contributed by atoms with Gasteiger partial charge in [-0.05, 0) is 43.7 Å². The number of para-hydroxylation sites is 1. The molecule has 2 aromatic rings. The number of nitrogens with zero attached hydrogens (tertiary/aromatic N) is 1. The van der Waals surface area contributed by atoms with E-state index in [1.54, 1.807) is 6.08 Å². The summed E-state index contributed by atoms with van der Waals surface area (Å²) in [5.74, 6) is 0.828. The molecule has 0 saturated carbocycles. The molecule has 0 saturated heterocycles. The summed E-state index contributed by atoms with van der Waals surface area (Å²) in [7, 11) is 0. The number of anilines is 1. The number of amides is 1. The van der Waals surface area contributed by atoms with Crippen LogP contribution in [0.3, 0.4) is 0 Å². The number of rotatable bonds is 5. The molecule has 0 bridgehead atoms. The second-order valence-corrected chi connectivity index (χ2v) is 5.92. The molecule has 1 unspecified atom stereocenters. The van der Waals surface area contributed by atoms with Gasteiger partial charge in [-0.2, -0.15) is 0 Å². The second kappa shape index (κ2) is 6.40. The van der Waals surface area contributed by atoms with Crippen LogP contribution in [0, 0.1) is 0 Å². The van der Waals surface area contributed by atoms with Gasteiger partial charge >= 0.3 is 0 Å². The maximum Gasteiger partial charge on any atom is 0.258 e. The summed E-state index contributed by atoms with van der Waals surface area (Å²) in [5, 5.41) is 3.53. The zero-order valence-electron chi connectivity index (χ0n) is 14.1. The van der Waals surface area contributed by atoms with Crippen LogP contribution in [0.25, 0.3) is 0 Å². The van der Waals surface area contributed by atoms with E-state index < -0.39 is 5.66 Å². The van der Waals surface area contributed by atoms with Gasteiger partial charge in [-0.3, -0.25) is 4.79 Å². The van der Waals surface area contributed by atoms with E-state index in [9.17, 15) is 4.79 Å². The van der Waals surface area contributed by atoms with Crippen molar-refractivity contribution in [3.63, 3.8) is 0 Å². The quantitative estimate of drug-likeness (QED) is 0.846. The molecule has 1 amide bonds. The summed E-state index contributed by atoms with van der Waals surface area (Å²) >= 11 is 0. The van der Waals surface area contributed by atoms with Crippen LogP contribution in [0.5, 0.6) is 5.75 Å². The third kappa shape index (κ3) is 2.64. The Labute approximate surface area is 142 Å². The fourth-order valence-electron chi connectivity index (χ4n) is 3.18. The number of hydrogen-bond acceptors (Lipinski definition) is 3. The molecule has 1 aliphatic heterocycles. The lowest BCUT2D eigenvalue weighted by Gasteiger charge is -2.46. The molecule has 0 radical (unpaired) electrons. The summed E-state index contributed by atoms with van der Waals surface area (Å²) in [6, 6.07) is 15.5. The number of carbonyl (C=O) groups excluding carboxylic acids is 1. The first-order valence-corrected chi connectivity index (χ1v) is 8.13. The first-order valence-electron chi connectivity index (χ1n) is 8.13. The second-order valence-electron chi connectivity index (χ2n) is 5.92. The summed E-state index contributed by atoms with van der Waals surface area (Å²) in [5.41, 5.74) is 1.99. The highest BCUT2D eigenvalue weighted by Crippen LogP contribution is 2.37. The van der Waals surface area contributed by atoms with Crippen LogP contribution in [-0.2, 0) is 5.66 Å². The minimum absolute atomic E-state index is 0.0429. The zero-order valence-corrected chi connectivity index (χ0v) is 14.1. The molecule has 0 aromatic heterocycles. The molecule has 0 fully saturated rings. The van der Waals surface area contributed by atoms with Crippen molar-refractivity contribution < 1.29 is 9.53 Å². The molecule has 1 heterocycles. The Morgan fingerprint density at radius 1 is 1.21 bits per heavy atom. The van der Waals surface area contributed by atoms with Crippen LogP contribution in [0.4, 0.5) is 5.69 Å². The number of nitrogens with one attached hydrogen (secondary N) is 1. The van der Waals surface area contributed by atoms with E-state index in [0.717, 1.165) is 17.0 Å². The predicted molar refractivity (Wildman–Crippen MR) is 96.3 cm³/mol. The molecule has 0 spiro atoms. The van der Waals surface area contributed by atoms with Crippen molar-refractivity contribution in [2.24, 2.45) is 0 Å². The molecule has 4 nitrogen and oxygen atoms in total. The first kappa shape index (κ1) is 16.1. The monoisotopic (exact) mass is 322 g/mol. The molecule has 3 rings (SSSR count). The fourth-order valence-corrected chi connectivity index (χ4v) is 3.18. The van der Waals surface area contributed by atoms with E-state index in [4.69, 9.17) is 4.74 Å². The fraction of sp³-hybridized carbons (Fsp3) is 0.250. The summed E-state index contributed by atoms with van der Waals surface area (Å²) in [4.78, 5) is 14.8. The normalized spacial score (nSPS) is 19.4. The average molecular weight is 322 g/mol. The topological polar surface area (TPSA) is 41.6 Å². The highest BCUT2D eigenvalue weighted by Gasteiger charge is 2.41. The summed E-state index contributed by atoms with van der Waals surface area (Å²) < 4.78 is 5.54. The standard InChI is InChI=1S/C20H22N2O2/c1-4-14-24-16-12-10-15(11-13-16)20(3)21-18-9-7-6-8-17(18)19(23)22(20)5-2/h4,6-13,21H,1,5,14H2,2-3H3. The van der Waals surface area contributed by atoms with Crippen LogP contribution in [0.2, 0.25) is 0 Å². The van der Waals surface area contributed by atoms with E-state index in [0.29, 0.717) is 18.7 Å². The van der Waals surface area contributed by atoms with Gasteiger partial charge in [0.2, 0.25) is 0 Å². The summed E-state index contributed by atoms with van der Waals surface area (Å²) in [6.45, 7) is 8.76. The predicted octanol–water partition coefficient (Wildman–Crippen LogP) is 4.01. The molecular formula is C20H22N2O2. The number of ether oxygens (including phenoxy) is 1. The van der Waals surface area contributed by atoms with Crippen LogP contribution >= 0.6 is 0 Å². The van der Waals surface area contributed by atoms with Crippen molar-refractivity contribution in [1.29, 1.82) is 0 Å². The van der Waals surface area contributed by atoms with Gasteiger partial charge in [0.05, 0.1) is 5.56 Å². The average Bonchev–Trinajstić information content (AvgIpc) is 2.60. The van der Waals surface area contributed by atoms with Crippen LogP contribution in [-0.4, -0.2) is 24.0 Å². The van der Waals surface area contributed by atoms with Gasteiger partial charge in [-0.25, -0.2) is 0 Å². The molecular weight excluding hydrogens is 300 g/mol. The third-order valence-corrected chi connectivity index (χ3v) is 4.42. The number of carbonyl (C=O) groups is 1. The van der Waals surface area contributed by atoms with Gasteiger partial charge in [0, 0.05) is 12.2 Å². The van der Waals surface area contributed by atoms with Crippen LogP contribution in [0.15, 0.2) is 61.2 Å². The maximum atomic E-state index is 12.9. The lowest BCUT2D eigenvalue weighted by atomic mass is 9.93. The van der Waals surface area contributed by atoms with Crippen molar-refractivity contribution >= 4 is 11.6 Å². The molecule has 4 heteroatoms. The van der Waals surface area contributed by atoms with Gasteiger partial charge < -0.3 is 15.0 Å². The van der Waals surface area contributed by atoms with Gasteiger partial charge in [-0.15, -0.1) is 0 Å². The number of hydrogen-bond donors (Lipinski definition) is 1. The van der Waals surface area contributed by atoms with Gasteiger partial charge in [0.1, 0.15) is 18.0 Å². The van der Waals surface area contributed by atoms with Crippen molar-refractivity contribution in [3.8, 4) is 5.75 Å². The molecule has 0 aliphatic carbocycles. The van der Waals surface area contributed by atoms with Crippen LogP contribution in [0.1, 0.15) is 29.8 Å². The smallest absolute Gasteiger partial charge is 0.258 e. The Morgan fingerprint density at radius 3 is 2.58 bits per heavy atom.